The van der Waals surface area contributed by atoms with E-state index >= 15 is 0 Å². The van der Waals surface area contributed by atoms with Crippen molar-refractivity contribution in [1.82, 2.24) is 5.06 Å². The van der Waals surface area contributed by atoms with Crippen LogP contribution in [0.15, 0.2) is 82.3 Å². The number of benzene rings is 2. The molecule has 0 aromatic heterocycles. The lowest BCUT2D eigenvalue weighted by Gasteiger charge is -2.25. The van der Waals surface area contributed by atoms with Crippen LogP contribution < -0.4 is 4.90 Å². The largest absolute Gasteiger partial charge is 0.344 e. The number of carbonyl (C=O) groups excluding carboxylic acids is 3. The maximum Gasteiger partial charge on any atom is 0.333 e. The second kappa shape index (κ2) is 15.9. The van der Waals surface area contributed by atoms with Crippen LogP contribution in [-0.4, -0.2) is 64.5 Å². The number of nitrogens with zero attached hydrogens (tertiary/aromatic N) is 3. The molecule has 0 unspecified atom stereocenters. The van der Waals surface area contributed by atoms with E-state index in [1.807, 2.05) is 63.3 Å². The number of likely N-dealkylation sites (N-methyl/N-ethyl adjacent to an activating group) is 1. The molecule has 2 aromatic rings. The second-order valence-corrected chi connectivity index (χ2v) is 15.9. The number of unbranched alkanes of at least 4 members (excludes halogenated alkanes) is 2. The maximum absolute atomic E-state index is 12.3. The highest BCUT2D eigenvalue weighted by atomic mass is 32.2. The van der Waals surface area contributed by atoms with Gasteiger partial charge in [-0.05, 0) is 75.6 Å². The molecule has 0 bridgehead atoms. The van der Waals surface area contributed by atoms with E-state index < -0.39 is 38.7 Å². The average Bonchev–Trinajstić information content (AvgIpc) is 3.61. The second-order valence-electron chi connectivity index (χ2n) is 13.7. The standard InChI is InChI=1S/C37H43N3O10S2/c1-6-38-29-19-17-26(52(45,46)47)24-28(29)37(4,5)31(38)13-9-7-10-14-32-36(2,3)27-23-25(51-50-49-44)16-18-30(27)39(32)22-12-8-11-15-35(43)48-40-33(41)20-21-34(40)42/h7,9-10,13-14,16-19,23-24H,6,8,11-12,15,20-22H2,1-5H3,(H-,44,45,46,47)/p+1. The average molecular weight is 755 g/mol. The molecule has 3 heterocycles. The number of anilines is 1. The Morgan fingerprint density at radius 1 is 0.962 bits per heavy atom. The minimum atomic E-state index is -4.34. The third kappa shape index (κ3) is 8.09. The van der Waals surface area contributed by atoms with Crippen molar-refractivity contribution in [3.8, 4) is 0 Å². The van der Waals surface area contributed by atoms with E-state index in [-0.39, 0.29) is 24.2 Å². The fourth-order valence-corrected chi connectivity index (χ4v) is 7.94. The number of rotatable bonds is 15. The normalized spacial score (nSPS) is 18.8. The zero-order valence-electron chi connectivity index (χ0n) is 29.8. The monoisotopic (exact) mass is 754 g/mol. The molecule has 0 atom stereocenters. The summed E-state index contributed by atoms with van der Waals surface area (Å²) in [4.78, 5) is 43.5. The van der Waals surface area contributed by atoms with E-state index in [4.69, 9.17) is 10.1 Å². The van der Waals surface area contributed by atoms with Crippen molar-refractivity contribution in [3.63, 3.8) is 0 Å². The highest BCUT2D eigenvalue weighted by molar-refractivity contribution is 7.94. The summed E-state index contributed by atoms with van der Waals surface area (Å²) in [6.07, 6.45) is 12.1. The number of hydrogen-bond donors (Lipinski definition) is 2. The molecule has 3 aliphatic heterocycles. The van der Waals surface area contributed by atoms with Crippen molar-refractivity contribution in [2.45, 2.75) is 93.8 Å². The van der Waals surface area contributed by atoms with Gasteiger partial charge in [-0.1, -0.05) is 37.1 Å². The third-order valence-electron chi connectivity index (χ3n) is 9.69. The Morgan fingerprint density at radius 3 is 2.37 bits per heavy atom. The highest BCUT2D eigenvalue weighted by Crippen LogP contribution is 2.48. The lowest BCUT2D eigenvalue weighted by molar-refractivity contribution is -0.438. The maximum atomic E-state index is 12.3. The lowest BCUT2D eigenvalue weighted by atomic mass is 9.81. The fraction of sp³-hybridized carbons (Fsp3) is 0.405. The number of hydroxylamine groups is 2. The van der Waals surface area contributed by atoms with Gasteiger partial charge in [0, 0.05) is 71.6 Å². The van der Waals surface area contributed by atoms with Gasteiger partial charge < -0.3 is 9.74 Å². The van der Waals surface area contributed by atoms with Gasteiger partial charge in [0.2, 0.25) is 5.69 Å². The zero-order chi connectivity index (χ0) is 37.8. The van der Waals surface area contributed by atoms with Crippen LogP contribution in [0.25, 0.3) is 0 Å². The van der Waals surface area contributed by atoms with Crippen LogP contribution in [0.2, 0.25) is 0 Å². The van der Waals surface area contributed by atoms with Gasteiger partial charge in [0.05, 0.1) is 22.4 Å². The molecule has 3 aliphatic rings. The summed E-state index contributed by atoms with van der Waals surface area (Å²) in [6.45, 7) is 11.7. The molecule has 15 heteroatoms. The first kappa shape index (κ1) is 39.1. The first-order valence-corrected chi connectivity index (χ1v) is 19.2. The Labute approximate surface area is 308 Å². The van der Waals surface area contributed by atoms with Crippen LogP contribution in [0.4, 0.5) is 11.4 Å². The third-order valence-corrected chi connectivity index (χ3v) is 11.1. The number of allylic oxidation sites excluding steroid dienone is 6. The molecule has 13 nitrogen and oxygen atoms in total. The van der Waals surface area contributed by atoms with Gasteiger partial charge in [-0.3, -0.25) is 14.1 Å². The van der Waals surface area contributed by atoms with Crippen molar-refractivity contribution in [2.24, 2.45) is 0 Å². The molecule has 0 radical (unpaired) electrons. The van der Waals surface area contributed by atoms with Crippen LogP contribution in [0.5, 0.6) is 0 Å². The summed E-state index contributed by atoms with van der Waals surface area (Å²) in [5.41, 5.74) is 4.91. The molecule has 0 spiro atoms. The molecule has 52 heavy (non-hydrogen) atoms. The van der Waals surface area contributed by atoms with E-state index in [2.05, 4.69) is 38.8 Å². The van der Waals surface area contributed by atoms with E-state index in [1.165, 1.54) is 6.07 Å². The topological polar surface area (TPSA) is 163 Å². The SMILES string of the molecule is CCN1C(=CC=CC=CC2=[N+](CCCCCC(=O)ON3C(=O)CCC3=O)c3ccc(SOOO)cc3C2(C)C)C(C)(C)c2cc(S(=O)(=O)O)ccc21. The highest BCUT2D eigenvalue weighted by Gasteiger charge is 2.44. The number of amides is 2. The van der Waals surface area contributed by atoms with Crippen molar-refractivity contribution >= 4 is 57.0 Å². The molecule has 1 fully saturated rings. The lowest BCUT2D eigenvalue weighted by Crippen LogP contribution is -2.31. The molecule has 0 aliphatic carbocycles. The molecule has 2 N–H and O–H groups in total. The van der Waals surface area contributed by atoms with E-state index in [1.54, 1.807) is 12.1 Å². The summed E-state index contributed by atoms with van der Waals surface area (Å²) >= 11 is 0.893. The fourth-order valence-electron chi connectivity index (χ4n) is 7.04. The molecule has 5 rings (SSSR count). The van der Waals surface area contributed by atoms with Gasteiger partial charge in [0.15, 0.2) is 5.71 Å². The van der Waals surface area contributed by atoms with Gasteiger partial charge in [-0.2, -0.15) is 13.0 Å². The van der Waals surface area contributed by atoms with Crippen molar-refractivity contribution < 1.29 is 51.4 Å². The Hall–Kier alpha value is -4.12. The molecular weight excluding hydrogens is 711 g/mol. The van der Waals surface area contributed by atoms with Crippen LogP contribution in [0.1, 0.15) is 84.3 Å². The number of hydrogen-bond acceptors (Lipinski definition) is 11. The Balaban J connectivity index is 1.33. The molecule has 2 aromatic carbocycles. The summed E-state index contributed by atoms with van der Waals surface area (Å²) in [5.74, 6) is -1.61. The Bertz CT molecular complexity index is 1970. The smallest absolute Gasteiger partial charge is 0.333 e. The number of imide groups is 1. The number of fused-ring (bicyclic) bond motifs is 2. The van der Waals surface area contributed by atoms with Gasteiger partial charge in [-0.15, -0.1) is 9.40 Å². The molecule has 2 amide bonds. The Kier molecular flexibility index (Phi) is 11.9. The van der Waals surface area contributed by atoms with Gasteiger partial charge >= 0.3 is 5.97 Å². The van der Waals surface area contributed by atoms with Crippen LogP contribution >= 0.6 is 12.0 Å². The minimum absolute atomic E-state index is 0.0517. The van der Waals surface area contributed by atoms with Crippen LogP contribution in [0.3, 0.4) is 0 Å². The van der Waals surface area contributed by atoms with Crippen molar-refractivity contribution in [2.75, 3.05) is 18.0 Å². The molecule has 1 saturated heterocycles. The van der Waals surface area contributed by atoms with E-state index in [0.29, 0.717) is 31.0 Å². The van der Waals surface area contributed by atoms with E-state index in [9.17, 15) is 27.4 Å². The van der Waals surface area contributed by atoms with E-state index in [0.717, 1.165) is 57.3 Å². The van der Waals surface area contributed by atoms with Gasteiger partial charge in [0.1, 0.15) is 6.54 Å². The van der Waals surface area contributed by atoms with Gasteiger partial charge in [-0.25, -0.2) is 10.1 Å². The quantitative estimate of drug-likeness (QED) is 0.0289. The zero-order valence-corrected chi connectivity index (χ0v) is 31.5. The first-order valence-electron chi connectivity index (χ1n) is 17.1. The number of carbonyl (C=O) groups is 3. The summed E-state index contributed by atoms with van der Waals surface area (Å²) in [5, 5.41) is 13.0. The summed E-state index contributed by atoms with van der Waals surface area (Å²) < 4.78 is 40.3. The minimum Gasteiger partial charge on any atom is -0.344 e. The summed E-state index contributed by atoms with van der Waals surface area (Å²) in [6, 6.07) is 10.6. The van der Waals surface area contributed by atoms with Crippen molar-refractivity contribution in [1.29, 1.82) is 0 Å². The first-order chi connectivity index (χ1) is 24.6. The predicted molar refractivity (Wildman–Crippen MR) is 194 cm³/mol. The van der Waals surface area contributed by atoms with Crippen molar-refractivity contribution in [3.05, 3.63) is 83.6 Å². The summed E-state index contributed by atoms with van der Waals surface area (Å²) in [7, 11) is -4.34. The van der Waals surface area contributed by atoms with Crippen LogP contribution in [-0.2, 0) is 49.5 Å². The van der Waals surface area contributed by atoms with Crippen LogP contribution in [0, 0.1) is 0 Å². The Morgan fingerprint density at radius 2 is 1.69 bits per heavy atom. The molecule has 0 saturated carbocycles. The predicted octanol–water partition coefficient (Wildman–Crippen LogP) is 6.72. The molecular formula is C37H44N3O10S2+. The molecule has 278 valence electrons. The van der Waals surface area contributed by atoms with Gasteiger partial charge in [0.25, 0.3) is 21.9 Å².